The minimum absolute atomic E-state index is 0.181. The molecule has 0 aliphatic heterocycles. The molecular weight excluding hydrogens is 314 g/mol. The first kappa shape index (κ1) is 18.6. The van der Waals surface area contributed by atoms with Gasteiger partial charge in [-0.15, -0.1) is 0 Å². The number of hydrogen-bond donors (Lipinski definition) is 2. The van der Waals surface area contributed by atoms with Gasteiger partial charge in [-0.25, -0.2) is 0 Å². The van der Waals surface area contributed by atoms with Gasteiger partial charge in [0, 0.05) is 24.5 Å². The van der Waals surface area contributed by atoms with Crippen molar-refractivity contribution in [3.05, 3.63) is 65.5 Å². The molecule has 132 valence electrons. The second kappa shape index (κ2) is 8.97. The van der Waals surface area contributed by atoms with Crippen molar-refractivity contribution < 1.29 is 9.59 Å². The lowest BCUT2D eigenvalue weighted by Gasteiger charge is -2.20. The van der Waals surface area contributed by atoms with Crippen LogP contribution in [-0.2, 0) is 11.3 Å². The maximum Gasteiger partial charge on any atom is 0.252 e. The van der Waals surface area contributed by atoms with Gasteiger partial charge in [-0.3, -0.25) is 14.6 Å². The molecule has 2 rings (SSSR count). The summed E-state index contributed by atoms with van der Waals surface area (Å²) in [5.74, 6) is -0.119. The lowest BCUT2D eigenvalue weighted by atomic mass is 10.0. The number of nitrogens with one attached hydrogen (secondary N) is 2. The smallest absolute Gasteiger partial charge is 0.252 e. The van der Waals surface area contributed by atoms with E-state index in [0.29, 0.717) is 18.5 Å². The van der Waals surface area contributed by atoms with Crippen LogP contribution in [0.1, 0.15) is 41.8 Å². The molecule has 1 aromatic heterocycles. The summed E-state index contributed by atoms with van der Waals surface area (Å²) in [5, 5.41) is 5.76. The standard InChI is InChI=1S/C20H25N3O2/c1-14(2)11-18(20(25)22-13-16-8-6-10-21-12-16)23-19(24)17-9-5-4-7-15(17)3/h4-10,12,14,18H,11,13H2,1-3H3,(H,22,25)(H,23,24). The van der Waals surface area contributed by atoms with E-state index in [0.717, 1.165) is 11.1 Å². The molecule has 25 heavy (non-hydrogen) atoms. The molecule has 1 atom stereocenters. The highest BCUT2D eigenvalue weighted by Crippen LogP contribution is 2.10. The molecule has 2 amide bonds. The number of benzene rings is 1. The minimum atomic E-state index is -0.566. The van der Waals surface area contributed by atoms with Crippen LogP contribution in [0.25, 0.3) is 0 Å². The number of rotatable bonds is 7. The van der Waals surface area contributed by atoms with E-state index in [2.05, 4.69) is 15.6 Å². The first-order valence-corrected chi connectivity index (χ1v) is 8.50. The zero-order valence-corrected chi connectivity index (χ0v) is 15.0. The van der Waals surface area contributed by atoms with Gasteiger partial charge in [-0.05, 0) is 42.5 Å². The molecule has 0 aliphatic carbocycles. The molecule has 0 radical (unpaired) electrons. The Kier molecular flexibility index (Phi) is 6.69. The van der Waals surface area contributed by atoms with Gasteiger partial charge in [0.15, 0.2) is 0 Å². The third-order valence-electron chi connectivity index (χ3n) is 3.91. The number of hydrogen-bond acceptors (Lipinski definition) is 3. The number of aryl methyl sites for hydroxylation is 1. The molecule has 0 fully saturated rings. The van der Waals surface area contributed by atoms with Crippen LogP contribution in [0.3, 0.4) is 0 Å². The van der Waals surface area contributed by atoms with E-state index in [1.807, 2.05) is 51.1 Å². The highest BCUT2D eigenvalue weighted by Gasteiger charge is 2.22. The molecular formula is C20H25N3O2. The topological polar surface area (TPSA) is 71.1 Å². The third kappa shape index (κ3) is 5.71. The largest absolute Gasteiger partial charge is 0.350 e. The monoisotopic (exact) mass is 339 g/mol. The highest BCUT2D eigenvalue weighted by atomic mass is 16.2. The summed E-state index contributed by atoms with van der Waals surface area (Å²) in [5.41, 5.74) is 2.40. The number of amides is 2. The van der Waals surface area contributed by atoms with Gasteiger partial charge in [-0.1, -0.05) is 38.1 Å². The Morgan fingerprint density at radius 3 is 2.52 bits per heavy atom. The third-order valence-corrected chi connectivity index (χ3v) is 3.91. The highest BCUT2D eigenvalue weighted by molar-refractivity contribution is 5.98. The summed E-state index contributed by atoms with van der Waals surface area (Å²) in [6, 6.07) is 10.5. The van der Waals surface area contributed by atoms with Crippen molar-refractivity contribution in [1.29, 1.82) is 0 Å². The molecule has 1 aromatic carbocycles. The van der Waals surface area contributed by atoms with E-state index < -0.39 is 6.04 Å². The van der Waals surface area contributed by atoms with Crippen LogP contribution < -0.4 is 10.6 Å². The Balaban J connectivity index is 2.03. The summed E-state index contributed by atoms with van der Waals surface area (Å²) >= 11 is 0. The predicted molar refractivity (Wildman–Crippen MR) is 98.0 cm³/mol. The van der Waals surface area contributed by atoms with Crippen molar-refractivity contribution in [2.24, 2.45) is 5.92 Å². The van der Waals surface area contributed by atoms with Crippen molar-refractivity contribution in [2.75, 3.05) is 0 Å². The molecule has 0 spiro atoms. The summed E-state index contributed by atoms with van der Waals surface area (Å²) in [6.07, 6.45) is 3.98. The van der Waals surface area contributed by atoms with E-state index in [9.17, 15) is 9.59 Å². The SMILES string of the molecule is Cc1ccccc1C(=O)NC(CC(C)C)C(=O)NCc1cccnc1. The van der Waals surface area contributed by atoms with Crippen molar-refractivity contribution in [1.82, 2.24) is 15.6 Å². The molecule has 1 unspecified atom stereocenters. The number of aromatic nitrogens is 1. The quantitative estimate of drug-likeness (QED) is 0.815. The predicted octanol–water partition coefficient (Wildman–Crippen LogP) is 2.85. The first-order valence-electron chi connectivity index (χ1n) is 8.50. The van der Waals surface area contributed by atoms with E-state index >= 15 is 0 Å². The summed E-state index contributed by atoms with van der Waals surface area (Å²) in [6.45, 7) is 6.33. The number of carbonyl (C=O) groups excluding carboxylic acids is 2. The van der Waals surface area contributed by atoms with Crippen LogP contribution >= 0.6 is 0 Å². The second-order valence-corrected chi connectivity index (χ2v) is 6.55. The van der Waals surface area contributed by atoms with Gasteiger partial charge >= 0.3 is 0 Å². The lowest BCUT2D eigenvalue weighted by Crippen LogP contribution is -2.47. The fourth-order valence-corrected chi connectivity index (χ4v) is 2.58. The number of pyridine rings is 1. The van der Waals surface area contributed by atoms with Crippen LogP contribution in [0.4, 0.5) is 0 Å². The molecule has 2 aromatic rings. The van der Waals surface area contributed by atoms with Crippen LogP contribution in [0, 0.1) is 12.8 Å². The van der Waals surface area contributed by atoms with Crippen LogP contribution in [-0.4, -0.2) is 22.8 Å². The molecule has 5 nitrogen and oxygen atoms in total. The Morgan fingerprint density at radius 2 is 1.88 bits per heavy atom. The maximum atomic E-state index is 12.6. The summed E-state index contributed by atoms with van der Waals surface area (Å²) < 4.78 is 0. The van der Waals surface area contributed by atoms with Crippen molar-refractivity contribution in [2.45, 2.75) is 39.8 Å². The van der Waals surface area contributed by atoms with Crippen molar-refractivity contribution >= 4 is 11.8 Å². The normalized spacial score (nSPS) is 11.8. The molecule has 0 saturated heterocycles. The zero-order valence-electron chi connectivity index (χ0n) is 15.0. The van der Waals surface area contributed by atoms with Crippen LogP contribution in [0.2, 0.25) is 0 Å². The average Bonchev–Trinajstić information content (AvgIpc) is 2.60. The van der Waals surface area contributed by atoms with Crippen LogP contribution in [0.5, 0.6) is 0 Å². The van der Waals surface area contributed by atoms with Crippen LogP contribution in [0.15, 0.2) is 48.8 Å². The van der Waals surface area contributed by atoms with Gasteiger partial charge in [0.1, 0.15) is 6.04 Å². The number of carbonyl (C=O) groups is 2. The van der Waals surface area contributed by atoms with Gasteiger partial charge in [0.2, 0.25) is 5.91 Å². The van der Waals surface area contributed by atoms with Crippen molar-refractivity contribution in [3.63, 3.8) is 0 Å². The fraction of sp³-hybridized carbons (Fsp3) is 0.350. The molecule has 1 heterocycles. The lowest BCUT2D eigenvalue weighted by molar-refractivity contribution is -0.123. The summed E-state index contributed by atoms with van der Waals surface area (Å²) in [4.78, 5) is 29.1. The van der Waals surface area contributed by atoms with Gasteiger partial charge < -0.3 is 10.6 Å². The second-order valence-electron chi connectivity index (χ2n) is 6.55. The molecule has 0 saturated carbocycles. The van der Waals surface area contributed by atoms with E-state index in [1.54, 1.807) is 18.5 Å². The summed E-state index contributed by atoms with van der Waals surface area (Å²) in [7, 11) is 0. The molecule has 0 aliphatic rings. The van der Waals surface area contributed by atoms with E-state index in [-0.39, 0.29) is 17.7 Å². The first-order chi connectivity index (χ1) is 12.0. The Hall–Kier alpha value is -2.69. The van der Waals surface area contributed by atoms with E-state index in [4.69, 9.17) is 0 Å². The maximum absolute atomic E-state index is 12.6. The molecule has 2 N–H and O–H groups in total. The van der Waals surface area contributed by atoms with Crippen molar-refractivity contribution in [3.8, 4) is 0 Å². The Bertz CT molecular complexity index is 714. The molecule has 5 heteroatoms. The average molecular weight is 339 g/mol. The van der Waals surface area contributed by atoms with E-state index in [1.165, 1.54) is 0 Å². The Labute approximate surface area is 148 Å². The number of nitrogens with zero attached hydrogens (tertiary/aromatic N) is 1. The van der Waals surface area contributed by atoms with Gasteiger partial charge in [0.05, 0.1) is 0 Å². The van der Waals surface area contributed by atoms with Gasteiger partial charge in [0.25, 0.3) is 5.91 Å². The van der Waals surface area contributed by atoms with Gasteiger partial charge in [-0.2, -0.15) is 0 Å². The zero-order chi connectivity index (χ0) is 18.2. The fourth-order valence-electron chi connectivity index (χ4n) is 2.58. The molecule has 0 bridgehead atoms. The minimum Gasteiger partial charge on any atom is -0.350 e. The Morgan fingerprint density at radius 1 is 1.12 bits per heavy atom.